The fourth-order valence-electron chi connectivity index (χ4n) is 2.05. The van der Waals surface area contributed by atoms with Crippen molar-refractivity contribution in [2.24, 2.45) is 5.73 Å². The Kier molecular flexibility index (Phi) is 2.86. The van der Waals surface area contributed by atoms with E-state index in [0.717, 1.165) is 0 Å². The van der Waals surface area contributed by atoms with Crippen molar-refractivity contribution in [3.8, 4) is 0 Å². The third-order valence-corrected chi connectivity index (χ3v) is 5.16. The van der Waals surface area contributed by atoms with Gasteiger partial charge in [0, 0.05) is 18.3 Å². The standard InChI is InChI=1S/C10H14N2O3S/c11-5-7-4-8(6-12-10(7)13)9-2-1-3-16(9,14)15/h4,6,9H,1-3,5,11H2,(H,12,13). The number of aromatic nitrogens is 1. The second-order valence-electron chi connectivity index (χ2n) is 3.99. The van der Waals surface area contributed by atoms with Crippen molar-refractivity contribution in [1.29, 1.82) is 0 Å². The van der Waals surface area contributed by atoms with Gasteiger partial charge in [-0.15, -0.1) is 0 Å². The third kappa shape index (κ3) is 1.90. The number of hydrogen-bond acceptors (Lipinski definition) is 4. The van der Waals surface area contributed by atoms with Crippen molar-refractivity contribution >= 4 is 9.84 Å². The molecule has 16 heavy (non-hydrogen) atoms. The van der Waals surface area contributed by atoms with E-state index >= 15 is 0 Å². The number of sulfone groups is 1. The molecule has 0 bridgehead atoms. The molecule has 1 fully saturated rings. The fraction of sp³-hybridized carbons (Fsp3) is 0.500. The molecule has 2 heterocycles. The largest absolute Gasteiger partial charge is 0.329 e. The second-order valence-corrected chi connectivity index (χ2v) is 6.29. The van der Waals surface area contributed by atoms with Gasteiger partial charge in [0.15, 0.2) is 9.84 Å². The molecule has 1 unspecified atom stereocenters. The van der Waals surface area contributed by atoms with Crippen molar-refractivity contribution < 1.29 is 8.42 Å². The first-order valence-electron chi connectivity index (χ1n) is 5.18. The lowest BCUT2D eigenvalue weighted by molar-refractivity contribution is 0.592. The highest BCUT2D eigenvalue weighted by molar-refractivity contribution is 7.91. The van der Waals surface area contributed by atoms with Gasteiger partial charge in [-0.3, -0.25) is 4.79 Å². The van der Waals surface area contributed by atoms with Crippen LogP contribution in [0.3, 0.4) is 0 Å². The van der Waals surface area contributed by atoms with Gasteiger partial charge < -0.3 is 10.7 Å². The van der Waals surface area contributed by atoms with Crippen LogP contribution in [-0.2, 0) is 16.4 Å². The molecule has 0 aromatic carbocycles. The molecule has 1 saturated heterocycles. The summed E-state index contributed by atoms with van der Waals surface area (Å²) in [4.78, 5) is 13.8. The molecule has 1 aromatic rings. The van der Waals surface area contributed by atoms with Gasteiger partial charge in [0.2, 0.25) is 0 Å². The van der Waals surface area contributed by atoms with Crippen LogP contribution >= 0.6 is 0 Å². The number of nitrogens with two attached hydrogens (primary N) is 1. The summed E-state index contributed by atoms with van der Waals surface area (Å²) in [5, 5.41) is -0.477. The molecule has 0 spiro atoms. The van der Waals surface area contributed by atoms with Crippen LogP contribution < -0.4 is 11.3 Å². The van der Waals surface area contributed by atoms with Crippen LogP contribution in [0.1, 0.15) is 29.2 Å². The Balaban J connectivity index is 2.45. The van der Waals surface area contributed by atoms with E-state index in [1.165, 1.54) is 6.20 Å². The van der Waals surface area contributed by atoms with Crippen LogP contribution in [0.4, 0.5) is 0 Å². The molecule has 1 aliphatic heterocycles. The van der Waals surface area contributed by atoms with Gasteiger partial charge in [-0.25, -0.2) is 8.42 Å². The van der Waals surface area contributed by atoms with Crippen LogP contribution in [0.15, 0.2) is 17.1 Å². The predicted octanol–water partition coefficient (Wildman–Crippen LogP) is 0.0833. The van der Waals surface area contributed by atoms with E-state index in [2.05, 4.69) is 4.98 Å². The van der Waals surface area contributed by atoms with E-state index < -0.39 is 15.1 Å². The van der Waals surface area contributed by atoms with E-state index in [0.29, 0.717) is 24.0 Å². The predicted molar refractivity (Wildman–Crippen MR) is 60.7 cm³/mol. The Morgan fingerprint density at radius 2 is 2.25 bits per heavy atom. The Hall–Kier alpha value is -1.14. The number of H-pyrrole nitrogens is 1. The summed E-state index contributed by atoms with van der Waals surface area (Å²) in [7, 11) is -3.04. The van der Waals surface area contributed by atoms with E-state index in [1.54, 1.807) is 6.07 Å². The van der Waals surface area contributed by atoms with Gasteiger partial charge >= 0.3 is 0 Å². The molecule has 88 valence electrons. The maximum absolute atomic E-state index is 11.7. The van der Waals surface area contributed by atoms with E-state index in [4.69, 9.17) is 5.73 Å². The molecule has 3 N–H and O–H groups in total. The van der Waals surface area contributed by atoms with Crippen molar-refractivity contribution in [2.45, 2.75) is 24.6 Å². The summed E-state index contributed by atoms with van der Waals surface area (Å²) in [6, 6.07) is 1.60. The minimum absolute atomic E-state index is 0.121. The minimum Gasteiger partial charge on any atom is -0.329 e. The molecule has 1 atom stereocenters. The Labute approximate surface area is 93.6 Å². The number of hydrogen-bond donors (Lipinski definition) is 2. The van der Waals surface area contributed by atoms with Crippen LogP contribution in [0, 0.1) is 0 Å². The first-order valence-corrected chi connectivity index (χ1v) is 6.89. The van der Waals surface area contributed by atoms with Crippen LogP contribution in [0.5, 0.6) is 0 Å². The summed E-state index contributed by atoms with van der Waals surface area (Å²) in [5.41, 5.74) is 6.25. The van der Waals surface area contributed by atoms with Gasteiger partial charge in [-0.2, -0.15) is 0 Å². The van der Waals surface area contributed by atoms with Gasteiger partial charge in [0.05, 0.1) is 11.0 Å². The molecular weight excluding hydrogens is 228 g/mol. The average Bonchev–Trinajstić information content (AvgIpc) is 2.59. The van der Waals surface area contributed by atoms with Crippen LogP contribution in [0.2, 0.25) is 0 Å². The SMILES string of the molecule is NCc1cc(C2CCCS2(=O)=O)c[nH]c1=O. The van der Waals surface area contributed by atoms with E-state index in [1.807, 2.05) is 0 Å². The summed E-state index contributed by atoms with van der Waals surface area (Å²) < 4.78 is 23.4. The molecule has 0 amide bonds. The van der Waals surface area contributed by atoms with Gasteiger partial charge in [0.25, 0.3) is 5.56 Å². The second kappa shape index (κ2) is 4.03. The maximum atomic E-state index is 11.7. The normalized spacial score (nSPS) is 23.4. The molecule has 2 rings (SSSR count). The molecular formula is C10H14N2O3S. The molecule has 6 heteroatoms. The number of pyridine rings is 1. The van der Waals surface area contributed by atoms with E-state index in [9.17, 15) is 13.2 Å². The summed E-state index contributed by atoms with van der Waals surface area (Å²) in [6.07, 6.45) is 2.79. The first kappa shape index (κ1) is 11.3. The molecule has 1 aromatic heterocycles. The van der Waals surface area contributed by atoms with Gasteiger partial charge in [-0.1, -0.05) is 0 Å². The molecule has 0 saturated carbocycles. The van der Waals surface area contributed by atoms with Crippen molar-refractivity contribution in [3.05, 3.63) is 33.7 Å². The fourth-order valence-corrected chi connectivity index (χ4v) is 3.98. The van der Waals surface area contributed by atoms with Crippen LogP contribution in [0.25, 0.3) is 0 Å². The van der Waals surface area contributed by atoms with Crippen molar-refractivity contribution in [3.63, 3.8) is 0 Å². The first-order chi connectivity index (χ1) is 7.54. The van der Waals surface area contributed by atoms with Crippen molar-refractivity contribution in [1.82, 2.24) is 4.98 Å². The topological polar surface area (TPSA) is 93.0 Å². The zero-order valence-electron chi connectivity index (χ0n) is 8.77. The number of nitrogens with one attached hydrogen (secondary N) is 1. The highest BCUT2D eigenvalue weighted by Gasteiger charge is 2.32. The van der Waals surface area contributed by atoms with E-state index in [-0.39, 0.29) is 17.9 Å². The lowest BCUT2D eigenvalue weighted by atomic mass is 10.1. The quantitative estimate of drug-likeness (QED) is 0.768. The van der Waals surface area contributed by atoms with Gasteiger partial charge in [0.1, 0.15) is 0 Å². The lowest BCUT2D eigenvalue weighted by Crippen LogP contribution is -2.18. The number of rotatable bonds is 2. The van der Waals surface area contributed by atoms with Crippen molar-refractivity contribution in [2.75, 3.05) is 5.75 Å². The highest BCUT2D eigenvalue weighted by atomic mass is 32.2. The Morgan fingerprint density at radius 3 is 2.81 bits per heavy atom. The Bertz CT molecular complexity index is 547. The highest BCUT2D eigenvalue weighted by Crippen LogP contribution is 2.33. The maximum Gasteiger partial charge on any atom is 0.252 e. The minimum atomic E-state index is -3.04. The monoisotopic (exact) mass is 242 g/mol. The lowest BCUT2D eigenvalue weighted by Gasteiger charge is -2.10. The zero-order chi connectivity index (χ0) is 11.8. The summed E-state index contributed by atoms with van der Waals surface area (Å²) in [6.45, 7) is 0.121. The Morgan fingerprint density at radius 1 is 1.50 bits per heavy atom. The smallest absolute Gasteiger partial charge is 0.252 e. The molecule has 0 aliphatic carbocycles. The van der Waals surface area contributed by atoms with Gasteiger partial charge in [-0.05, 0) is 24.5 Å². The molecule has 0 radical (unpaired) electrons. The molecule has 1 aliphatic rings. The molecule has 5 nitrogen and oxygen atoms in total. The van der Waals surface area contributed by atoms with Crippen LogP contribution in [-0.4, -0.2) is 19.2 Å². The zero-order valence-corrected chi connectivity index (χ0v) is 9.59. The third-order valence-electron chi connectivity index (χ3n) is 2.92. The summed E-state index contributed by atoms with van der Waals surface area (Å²) >= 11 is 0. The number of aromatic amines is 1. The summed E-state index contributed by atoms with van der Waals surface area (Å²) in [5.74, 6) is 0.231. The average molecular weight is 242 g/mol.